The minimum absolute atomic E-state index is 0.00773. The average Bonchev–Trinajstić information content (AvgIpc) is 3.71. The highest BCUT2D eigenvalue weighted by Gasteiger charge is 2.34. The van der Waals surface area contributed by atoms with Gasteiger partial charge >= 0.3 is 20.0 Å². The number of phosphoric ester groups is 1. The lowest BCUT2D eigenvalue weighted by molar-refractivity contribution is -0.140. The highest BCUT2D eigenvalue weighted by Crippen LogP contribution is 2.39. The highest BCUT2D eigenvalue weighted by molar-refractivity contribution is 7.46. The molecule has 0 aliphatic carbocycles. The van der Waals surface area contributed by atoms with Crippen molar-refractivity contribution >= 4 is 47.8 Å². The largest absolute Gasteiger partial charge is 0.469 e. The fourth-order valence-corrected chi connectivity index (χ4v) is 5.96. The molecule has 0 spiro atoms. The van der Waals surface area contributed by atoms with Crippen molar-refractivity contribution in [1.29, 1.82) is 0 Å². The van der Waals surface area contributed by atoms with Gasteiger partial charge in [-0.25, -0.2) is 19.3 Å². The number of alkyl halides is 3. The molecule has 0 unspecified atom stereocenters. The number of carbonyl (C=O) groups excluding carboxylic acids is 2. The minimum Gasteiger partial charge on any atom is -0.352 e. The molecule has 0 aliphatic rings. The molecule has 1 aromatic carbocycles. The van der Waals surface area contributed by atoms with Crippen molar-refractivity contribution in [3.63, 3.8) is 0 Å². The SMILES string of the molecule is CCNC(=O)Nc1cc(-c2nc(C(F)(F)F)cs2)c(-c2ccc3c(=O)c(C(=O)NCCCOP(=O)(O)O)cn(Cc4noc(C)n4)c3c2)cn1. The van der Waals surface area contributed by atoms with Gasteiger partial charge in [0.1, 0.15) is 16.4 Å². The molecule has 3 amide bonds. The quantitative estimate of drug-likeness (QED) is 0.0893. The van der Waals surface area contributed by atoms with Crippen LogP contribution < -0.4 is 21.4 Å². The van der Waals surface area contributed by atoms with Crippen LogP contribution in [-0.4, -0.2) is 66.1 Å². The third-order valence-corrected chi connectivity index (χ3v) is 8.29. The van der Waals surface area contributed by atoms with Crippen LogP contribution in [0.1, 0.15) is 41.1 Å². The van der Waals surface area contributed by atoms with Gasteiger partial charge in [-0.3, -0.25) is 19.4 Å². The minimum atomic E-state index is -4.70. The Labute approximate surface area is 284 Å². The third-order valence-electron chi connectivity index (χ3n) is 6.89. The van der Waals surface area contributed by atoms with Crippen LogP contribution in [0.15, 0.2) is 51.4 Å². The second-order valence-corrected chi connectivity index (χ2v) is 12.6. The van der Waals surface area contributed by atoms with Crippen molar-refractivity contribution in [3.05, 3.63) is 75.2 Å². The summed E-state index contributed by atoms with van der Waals surface area (Å²) < 4.78 is 62.4. The van der Waals surface area contributed by atoms with Crippen LogP contribution in [0.25, 0.3) is 32.6 Å². The van der Waals surface area contributed by atoms with Crippen LogP contribution in [0.2, 0.25) is 0 Å². The van der Waals surface area contributed by atoms with Gasteiger partial charge in [-0.15, -0.1) is 11.3 Å². The molecule has 5 rings (SSSR count). The summed E-state index contributed by atoms with van der Waals surface area (Å²) in [7, 11) is -4.68. The molecule has 4 heterocycles. The molecule has 50 heavy (non-hydrogen) atoms. The number of anilines is 1. The molecule has 5 N–H and O–H groups in total. The van der Waals surface area contributed by atoms with Gasteiger partial charge in [0.25, 0.3) is 5.91 Å². The maximum atomic E-state index is 13.6. The molecule has 0 fully saturated rings. The molecule has 264 valence electrons. The Bertz CT molecular complexity index is 2160. The van der Waals surface area contributed by atoms with Crippen molar-refractivity contribution in [2.75, 3.05) is 25.0 Å². The third kappa shape index (κ3) is 8.77. The van der Waals surface area contributed by atoms with Crippen LogP contribution in [0, 0.1) is 6.92 Å². The molecule has 0 radical (unpaired) electrons. The van der Waals surface area contributed by atoms with Gasteiger partial charge < -0.3 is 29.5 Å². The lowest BCUT2D eigenvalue weighted by Crippen LogP contribution is -2.31. The Morgan fingerprint density at radius 1 is 1.14 bits per heavy atom. The maximum Gasteiger partial charge on any atom is 0.469 e. The van der Waals surface area contributed by atoms with E-state index in [1.54, 1.807) is 19.9 Å². The number of hydrogen-bond acceptors (Lipinski definition) is 11. The first-order chi connectivity index (χ1) is 23.6. The van der Waals surface area contributed by atoms with Crippen LogP contribution in [0.4, 0.5) is 23.8 Å². The molecular formula is C29H28F3N8O8PS. The number of thiazole rings is 1. The number of urea groups is 1. The number of aryl methyl sites for hydroxylation is 1. The van der Waals surface area contributed by atoms with Gasteiger partial charge in [-0.2, -0.15) is 18.2 Å². The van der Waals surface area contributed by atoms with Gasteiger partial charge in [-0.05, 0) is 37.1 Å². The number of halogens is 3. The summed E-state index contributed by atoms with van der Waals surface area (Å²) in [6.45, 7) is 3.14. The number of fused-ring (bicyclic) bond motifs is 1. The van der Waals surface area contributed by atoms with Gasteiger partial charge in [0.2, 0.25) is 11.3 Å². The second-order valence-electron chi connectivity index (χ2n) is 10.5. The monoisotopic (exact) mass is 736 g/mol. The fourth-order valence-electron chi connectivity index (χ4n) is 4.74. The summed E-state index contributed by atoms with van der Waals surface area (Å²) in [5.74, 6) is -0.238. The molecule has 4 aromatic heterocycles. The van der Waals surface area contributed by atoms with Crippen molar-refractivity contribution in [2.45, 2.75) is 33.0 Å². The van der Waals surface area contributed by atoms with E-state index in [1.807, 2.05) is 0 Å². The summed E-state index contributed by atoms with van der Waals surface area (Å²) in [6, 6.07) is 5.38. The first-order valence-electron chi connectivity index (χ1n) is 14.7. The van der Waals surface area contributed by atoms with E-state index in [1.165, 1.54) is 35.2 Å². The Kier molecular flexibility index (Phi) is 10.8. The summed E-state index contributed by atoms with van der Waals surface area (Å²) >= 11 is 0.745. The number of benzene rings is 1. The second kappa shape index (κ2) is 14.9. The first kappa shape index (κ1) is 36.3. The average molecular weight is 737 g/mol. The topological polar surface area (TPSA) is 224 Å². The standard InChI is InChI=1S/C29H28F3N8O8PS/c1-3-33-28(43)38-23-10-18(27-37-22(14-50-27)29(30,31)32)19(11-35-23)16-5-6-17-21(9-16)40(13-24-36-15(2)48-39-24)12-20(25(17)41)26(42)34-7-4-8-47-49(44,45)46/h5-6,9-12,14H,3-4,7-8,13H2,1-2H3,(H,34,42)(H2,44,45,46)(H2,33,35,38,43). The number of amides is 3. The normalized spacial score (nSPS) is 11.9. The van der Waals surface area contributed by atoms with E-state index in [9.17, 15) is 32.1 Å². The zero-order valence-corrected chi connectivity index (χ0v) is 27.9. The predicted molar refractivity (Wildman–Crippen MR) is 173 cm³/mol. The van der Waals surface area contributed by atoms with Gasteiger partial charge in [0, 0.05) is 54.3 Å². The molecule has 0 aliphatic heterocycles. The Balaban J connectivity index is 1.59. The number of nitrogens with zero attached hydrogens (tertiary/aromatic N) is 5. The van der Waals surface area contributed by atoms with Crippen molar-refractivity contribution in [2.24, 2.45) is 0 Å². The van der Waals surface area contributed by atoms with Crippen LogP contribution in [0.5, 0.6) is 0 Å². The van der Waals surface area contributed by atoms with Crippen molar-refractivity contribution in [1.82, 2.24) is 35.3 Å². The van der Waals surface area contributed by atoms with Crippen LogP contribution >= 0.6 is 19.2 Å². The number of carbonyl (C=O) groups is 2. The first-order valence-corrected chi connectivity index (χ1v) is 17.1. The summed E-state index contributed by atoms with van der Waals surface area (Å²) in [6.07, 6.45) is -2.01. The molecule has 16 nitrogen and oxygen atoms in total. The van der Waals surface area contributed by atoms with E-state index >= 15 is 0 Å². The zero-order chi connectivity index (χ0) is 36.2. The van der Waals surface area contributed by atoms with E-state index in [-0.39, 0.29) is 65.2 Å². The molecule has 0 atom stereocenters. The lowest BCUT2D eigenvalue weighted by atomic mass is 9.99. The van der Waals surface area contributed by atoms with Crippen LogP contribution in [-0.2, 0) is 21.8 Å². The molecule has 5 aromatic rings. The fraction of sp³-hybridized carbons (Fsp3) is 0.276. The summed E-state index contributed by atoms with van der Waals surface area (Å²) in [5.41, 5.74) is -0.752. The summed E-state index contributed by atoms with van der Waals surface area (Å²) in [5, 5.41) is 12.5. The van der Waals surface area contributed by atoms with E-state index in [0.717, 1.165) is 16.7 Å². The molecule has 0 saturated heterocycles. The van der Waals surface area contributed by atoms with E-state index in [4.69, 9.17) is 14.3 Å². The smallest absolute Gasteiger partial charge is 0.352 e. The summed E-state index contributed by atoms with van der Waals surface area (Å²) in [4.78, 5) is 68.8. The molecule has 21 heteroatoms. The number of rotatable bonds is 12. The Hall–Kier alpha value is -5.01. The zero-order valence-electron chi connectivity index (χ0n) is 26.1. The van der Waals surface area contributed by atoms with E-state index in [0.29, 0.717) is 23.2 Å². The number of aromatic nitrogens is 5. The van der Waals surface area contributed by atoms with Gasteiger partial charge in [0.05, 0.1) is 18.7 Å². The van der Waals surface area contributed by atoms with Crippen LogP contribution in [0.3, 0.4) is 0 Å². The number of nitrogens with one attached hydrogen (secondary N) is 3. The van der Waals surface area contributed by atoms with Crippen molar-refractivity contribution < 1.29 is 46.2 Å². The van der Waals surface area contributed by atoms with E-state index in [2.05, 4.69) is 40.6 Å². The molecule has 0 bridgehead atoms. The Morgan fingerprint density at radius 2 is 1.92 bits per heavy atom. The number of hydrogen-bond donors (Lipinski definition) is 5. The van der Waals surface area contributed by atoms with Crippen molar-refractivity contribution in [3.8, 4) is 21.7 Å². The van der Waals surface area contributed by atoms with E-state index < -0.39 is 37.1 Å². The highest BCUT2D eigenvalue weighted by atomic mass is 32.1. The number of pyridine rings is 2. The maximum absolute atomic E-state index is 13.6. The van der Waals surface area contributed by atoms with Gasteiger partial charge in [0.15, 0.2) is 11.5 Å². The molecule has 0 saturated carbocycles. The lowest BCUT2D eigenvalue weighted by Gasteiger charge is -2.15. The molecular weight excluding hydrogens is 708 g/mol. The predicted octanol–water partition coefficient (Wildman–Crippen LogP) is 4.32. The Morgan fingerprint density at radius 3 is 2.58 bits per heavy atom. The van der Waals surface area contributed by atoms with Gasteiger partial charge in [-0.1, -0.05) is 11.2 Å². The number of phosphoric acid groups is 1.